The molecule has 2 N–H and O–H groups in total. The Morgan fingerprint density at radius 1 is 1.29 bits per heavy atom. The zero-order valence-electron chi connectivity index (χ0n) is 13.5. The molecule has 9 heteroatoms. The highest BCUT2D eigenvalue weighted by molar-refractivity contribution is 14.0. The van der Waals surface area contributed by atoms with E-state index in [0.717, 1.165) is 24.9 Å². The summed E-state index contributed by atoms with van der Waals surface area (Å²) in [5.74, 6) is 1.83. The third-order valence-electron chi connectivity index (χ3n) is 3.13. The van der Waals surface area contributed by atoms with Crippen LogP contribution in [0.4, 0.5) is 0 Å². The Morgan fingerprint density at radius 3 is 2.71 bits per heavy atom. The summed E-state index contributed by atoms with van der Waals surface area (Å²) in [6, 6.07) is 5.57. The minimum absolute atomic E-state index is 0. The van der Waals surface area contributed by atoms with E-state index >= 15 is 0 Å². The molecule has 0 saturated carbocycles. The Labute approximate surface area is 168 Å². The Morgan fingerprint density at radius 2 is 2.08 bits per heavy atom. The molecule has 132 valence electrons. The van der Waals surface area contributed by atoms with Crippen LogP contribution in [0.25, 0.3) is 0 Å². The van der Waals surface area contributed by atoms with Gasteiger partial charge in [0.05, 0.1) is 6.54 Å². The number of guanidine groups is 1. The van der Waals surface area contributed by atoms with E-state index in [4.69, 9.17) is 27.7 Å². The molecule has 0 aliphatic carbocycles. The molecular formula is C15H20Cl2IN5O. The van der Waals surface area contributed by atoms with Crippen LogP contribution in [0.5, 0.6) is 0 Å². The summed E-state index contributed by atoms with van der Waals surface area (Å²) < 4.78 is 5.03. The summed E-state index contributed by atoms with van der Waals surface area (Å²) in [6.07, 6.45) is 1.78. The topological polar surface area (TPSA) is 75.3 Å². The lowest BCUT2D eigenvalue weighted by Gasteiger charge is -2.10. The molecule has 2 rings (SSSR count). The molecular weight excluding hydrogens is 464 g/mol. The molecule has 0 radical (unpaired) electrons. The number of benzene rings is 1. The van der Waals surface area contributed by atoms with Gasteiger partial charge in [0.2, 0.25) is 5.89 Å². The molecule has 0 bridgehead atoms. The second kappa shape index (κ2) is 10.7. The highest BCUT2D eigenvalue weighted by Crippen LogP contribution is 2.21. The van der Waals surface area contributed by atoms with E-state index in [-0.39, 0.29) is 24.0 Å². The quantitative estimate of drug-likeness (QED) is 0.284. The molecule has 0 atom stereocenters. The van der Waals surface area contributed by atoms with Crippen molar-refractivity contribution in [1.29, 1.82) is 0 Å². The number of nitrogens with one attached hydrogen (secondary N) is 2. The lowest BCUT2D eigenvalue weighted by atomic mass is 10.1. The van der Waals surface area contributed by atoms with E-state index in [1.165, 1.54) is 0 Å². The van der Waals surface area contributed by atoms with Gasteiger partial charge in [0.15, 0.2) is 11.8 Å². The fourth-order valence-corrected chi connectivity index (χ4v) is 2.50. The van der Waals surface area contributed by atoms with E-state index in [2.05, 4.69) is 25.8 Å². The van der Waals surface area contributed by atoms with Crippen LogP contribution in [0.1, 0.15) is 23.7 Å². The highest BCUT2D eigenvalue weighted by Gasteiger charge is 2.05. The van der Waals surface area contributed by atoms with Crippen molar-refractivity contribution in [2.75, 3.05) is 13.6 Å². The molecule has 0 aliphatic heterocycles. The fraction of sp³-hybridized carbons (Fsp3) is 0.400. The molecule has 2 aromatic rings. The van der Waals surface area contributed by atoms with Gasteiger partial charge in [-0.2, -0.15) is 4.98 Å². The first-order chi connectivity index (χ1) is 11.1. The number of halogens is 3. The summed E-state index contributed by atoms with van der Waals surface area (Å²) in [6.45, 7) is 2.98. The van der Waals surface area contributed by atoms with Crippen molar-refractivity contribution >= 4 is 53.1 Å². The van der Waals surface area contributed by atoms with Gasteiger partial charge in [0.25, 0.3) is 0 Å². The molecule has 6 nitrogen and oxygen atoms in total. The summed E-state index contributed by atoms with van der Waals surface area (Å²) in [5, 5.41) is 11.4. The molecule has 24 heavy (non-hydrogen) atoms. The maximum Gasteiger partial charge on any atom is 0.246 e. The zero-order valence-corrected chi connectivity index (χ0v) is 17.3. The number of hydrogen-bond donors (Lipinski definition) is 2. The van der Waals surface area contributed by atoms with Crippen LogP contribution in [-0.4, -0.2) is 29.7 Å². The van der Waals surface area contributed by atoms with Gasteiger partial charge in [-0.05, 0) is 37.5 Å². The number of aryl methyl sites for hydroxylation is 2. The smallest absolute Gasteiger partial charge is 0.246 e. The van der Waals surface area contributed by atoms with Gasteiger partial charge in [-0.15, -0.1) is 24.0 Å². The third kappa shape index (κ3) is 6.82. The molecule has 0 spiro atoms. The van der Waals surface area contributed by atoms with E-state index in [1.54, 1.807) is 20.0 Å². The van der Waals surface area contributed by atoms with Crippen molar-refractivity contribution < 1.29 is 4.52 Å². The predicted molar refractivity (Wildman–Crippen MR) is 107 cm³/mol. The van der Waals surface area contributed by atoms with Crippen molar-refractivity contribution in [3.63, 3.8) is 0 Å². The molecule has 1 heterocycles. The molecule has 0 amide bonds. The van der Waals surface area contributed by atoms with Crippen LogP contribution < -0.4 is 10.6 Å². The van der Waals surface area contributed by atoms with Gasteiger partial charge in [-0.25, -0.2) is 0 Å². The van der Waals surface area contributed by atoms with Crippen molar-refractivity contribution in [3.05, 3.63) is 45.5 Å². The van der Waals surface area contributed by atoms with Crippen LogP contribution in [-0.2, 0) is 13.0 Å². The van der Waals surface area contributed by atoms with Gasteiger partial charge in [-0.1, -0.05) is 34.4 Å². The third-order valence-corrected chi connectivity index (χ3v) is 3.72. The van der Waals surface area contributed by atoms with Gasteiger partial charge < -0.3 is 15.2 Å². The van der Waals surface area contributed by atoms with Gasteiger partial charge in [0.1, 0.15) is 0 Å². The van der Waals surface area contributed by atoms with Gasteiger partial charge in [-0.3, -0.25) is 4.99 Å². The van der Waals surface area contributed by atoms with Crippen molar-refractivity contribution in [2.24, 2.45) is 4.99 Å². The largest absolute Gasteiger partial charge is 0.356 e. The van der Waals surface area contributed by atoms with Gasteiger partial charge in [0, 0.05) is 23.6 Å². The molecule has 1 aromatic heterocycles. The normalized spacial score (nSPS) is 11.1. The molecule has 0 saturated heterocycles. The molecule has 0 aliphatic rings. The maximum absolute atomic E-state index is 6.15. The average molecular weight is 484 g/mol. The van der Waals surface area contributed by atoms with Crippen LogP contribution in [0.2, 0.25) is 10.0 Å². The lowest BCUT2D eigenvalue weighted by Crippen LogP contribution is -2.37. The standard InChI is InChI=1S/C15H19Cl2N5O.HI/c1-10-21-14(23-22-10)9-20-15(18-2)19-7-3-4-11-5-6-12(16)8-13(11)17;/h5-6,8H,3-4,7,9H2,1-2H3,(H2,18,19,20);1H. The first kappa shape index (κ1) is 21.0. The van der Waals surface area contributed by atoms with Crippen LogP contribution in [0.15, 0.2) is 27.7 Å². The highest BCUT2D eigenvalue weighted by atomic mass is 127. The summed E-state index contributed by atoms with van der Waals surface area (Å²) in [4.78, 5) is 8.27. The van der Waals surface area contributed by atoms with Crippen molar-refractivity contribution in [2.45, 2.75) is 26.3 Å². The second-order valence-corrected chi connectivity index (χ2v) is 5.77. The first-order valence-corrected chi connectivity index (χ1v) is 8.01. The van der Waals surface area contributed by atoms with E-state index in [0.29, 0.717) is 34.3 Å². The Kier molecular flexibility index (Phi) is 9.38. The number of nitrogens with zero attached hydrogens (tertiary/aromatic N) is 3. The van der Waals surface area contributed by atoms with E-state index in [1.807, 2.05) is 12.1 Å². The summed E-state index contributed by atoms with van der Waals surface area (Å²) in [7, 11) is 1.71. The molecule has 1 aromatic carbocycles. The SMILES string of the molecule is CN=C(NCCCc1ccc(Cl)cc1Cl)NCc1nc(C)no1.I. The number of rotatable bonds is 6. The minimum Gasteiger partial charge on any atom is -0.356 e. The van der Waals surface area contributed by atoms with E-state index < -0.39 is 0 Å². The fourth-order valence-electron chi connectivity index (χ4n) is 2.00. The van der Waals surface area contributed by atoms with Crippen LogP contribution in [0.3, 0.4) is 0 Å². The minimum atomic E-state index is 0. The average Bonchev–Trinajstić information content (AvgIpc) is 2.94. The van der Waals surface area contributed by atoms with Crippen molar-refractivity contribution in [1.82, 2.24) is 20.8 Å². The van der Waals surface area contributed by atoms with Crippen molar-refractivity contribution in [3.8, 4) is 0 Å². The zero-order chi connectivity index (χ0) is 16.7. The number of aromatic nitrogens is 2. The van der Waals surface area contributed by atoms with Gasteiger partial charge >= 0.3 is 0 Å². The predicted octanol–water partition coefficient (Wildman–Crippen LogP) is 3.60. The monoisotopic (exact) mass is 483 g/mol. The summed E-state index contributed by atoms with van der Waals surface area (Å²) in [5.41, 5.74) is 1.09. The Balaban J connectivity index is 0.00000288. The van der Waals surface area contributed by atoms with E-state index in [9.17, 15) is 0 Å². The lowest BCUT2D eigenvalue weighted by molar-refractivity contribution is 0.371. The summed E-state index contributed by atoms with van der Waals surface area (Å²) >= 11 is 12.0. The molecule has 0 fully saturated rings. The second-order valence-electron chi connectivity index (χ2n) is 4.93. The first-order valence-electron chi connectivity index (χ1n) is 7.26. The van der Waals surface area contributed by atoms with Crippen LogP contribution >= 0.6 is 47.2 Å². The number of hydrogen-bond acceptors (Lipinski definition) is 4. The maximum atomic E-state index is 6.15. The number of aliphatic imine (C=N–C) groups is 1. The Hall–Kier alpha value is -1.06. The van der Waals surface area contributed by atoms with Crippen LogP contribution in [0, 0.1) is 6.92 Å². The Bertz CT molecular complexity index is 678. The molecule has 0 unspecified atom stereocenters.